The van der Waals surface area contributed by atoms with Gasteiger partial charge in [0.15, 0.2) is 0 Å². The fraction of sp³-hybridized carbons (Fsp3) is 0.300. The summed E-state index contributed by atoms with van der Waals surface area (Å²) in [7, 11) is 1.34. The molecule has 0 heterocycles. The van der Waals surface area contributed by atoms with E-state index in [1.165, 1.54) is 24.9 Å². The van der Waals surface area contributed by atoms with Crippen LogP contribution in [0.1, 0.15) is 6.42 Å². The summed E-state index contributed by atoms with van der Waals surface area (Å²) in [5.74, 6) is 0.0179. The molecule has 14 heavy (non-hydrogen) atoms. The second-order valence-corrected chi connectivity index (χ2v) is 3.74. The zero-order valence-electron chi connectivity index (χ0n) is 7.83. The van der Waals surface area contributed by atoms with Crippen molar-refractivity contribution < 1.29 is 13.9 Å². The normalized spacial score (nSPS) is 9.86. The molecular weight excluding hydrogens is 203 g/mol. The first-order valence-electron chi connectivity index (χ1n) is 4.18. The van der Waals surface area contributed by atoms with Gasteiger partial charge < -0.3 is 4.74 Å². The Balaban J connectivity index is 2.39. The van der Waals surface area contributed by atoms with Crippen molar-refractivity contribution in [2.75, 3.05) is 12.9 Å². The molecule has 0 bridgehead atoms. The molecule has 0 atom stereocenters. The highest BCUT2D eigenvalue weighted by molar-refractivity contribution is 7.99. The molecule has 0 N–H and O–H groups in total. The van der Waals surface area contributed by atoms with Crippen LogP contribution in [0, 0.1) is 5.82 Å². The van der Waals surface area contributed by atoms with Crippen molar-refractivity contribution in [1.82, 2.24) is 0 Å². The Hall–Kier alpha value is -1.03. The molecule has 0 aliphatic heterocycles. The predicted molar refractivity (Wildman–Crippen MR) is 53.8 cm³/mol. The summed E-state index contributed by atoms with van der Waals surface area (Å²) in [6.07, 6.45) is 0.301. The zero-order valence-corrected chi connectivity index (χ0v) is 8.64. The van der Waals surface area contributed by atoms with E-state index in [1.807, 2.05) is 0 Å². The maximum Gasteiger partial charge on any atom is 0.306 e. The standard InChI is InChI=1S/C10H11FO2S/c1-13-10(12)6-7-14-9-5-3-2-4-8(9)11/h2-5H,6-7H2,1H3. The lowest BCUT2D eigenvalue weighted by atomic mass is 10.3. The van der Waals surface area contributed by atoms with Gasteiger partial charge in [-0.15, -0.1) is 11.8 Å². The molecule has 1 rings (SSSR count). The molecule has 0 amide bonds. The van der Waals surface area contributed by atoms with Crippen molar-refractivity contribution in [3.05, 3.63) is 30.1 Å². The van der Waals surface area contributed by atoms with Gasteiger partial charge in [-0.1, -0.05) is 12.1 Å². The molecule has 0 unspecified atom stereocenters. The van der Waals surface area contributed by atoms with Crippen LogP contribution in [0.5, 0.6) is 0 Å². The van der Waals surface area contributed by atoms with Crippen LogP contribution in [0.3, 0.4) is 0 Å². The SMILES string of the molecule is COC(=O)CCSc1ccccc1F. The lowest BCUT2D eigenvalue weighted by Crippen LogP contribution is -2.01. The highest BCUT2D eigenvalue weighted by atomic mass is 32.2. The van der Waals surface area contributed by atoms with Gasteiger partial charge in [-0.05, 0) is 12.1 Å². The van der Waals surface area contributed by atoms with E-state index in [0.29, 0.717) is 17.1 Å². The Morgan fingerprint density at radius 3 is 2.86 bits per heavy atom. The summed E-state index contributed by atoms with van der Waals surface area (Å²) in [6.45, 7) is 0. The van der Waals surface area contributed by atoms with Gasteiger partial charge in [-0.25, -0.2) is 4.39 Å². The summed E-state index contributed by atoms with van der Waals surface area (Å²) in [4.78, 5) is 11.3. The van der Waals surface area contributed by atoms with E-state index in [-0.39, 0.29) is 11.8 Å². The summed E-state index contributed by atoms with van der Waals surface area (Å²) in [5, 5.41) is 0. The van der Waals surface area contributed by atoms with Crippen LogP contribution in [0.25, 0.3) is 0 Å². The van der Waals surface area contributed by atoms with E-state index in [1.54, 1.807) is 18.2 Å². The summed E-state index contributed by atoms with van der Waals surface area (Å²) >= 11 is 1.31. The van der Waals surface area contributed by atoms with Crippen molar-refractivity contribution in [3.8, 4) is 0 Å². The van der Waals surface area contributed by atoms with Crippen LogP contribution >= 0.6 is 11.8 Å². The van der Waals surface area contributed by atoms with Crippen molar-refractivity contribution in [1.29, 1.82) is 0 Å². The number of thioether (sulfide) groups is 1. The molecule has 0 saturated heterocycles. The number of rotatable bonds is 4. The van der Waals surface area contributed by atoms with Crippen LogP contribution < -0.4 is 0 Å². The van der Waals surface area contributed by atoms with Crippen LogP contribution in [-0.4, -0.2) is 18.8 Å². The van der Waals surface area contributed by atoms with Gasteiger partial charge in [0.2, 0.25) is 0 Å². The molecule has 0 radical (unpaired) electrons. The zero-order chi connectivity index (χ0) is 10.4. The van der Waals surface area contributed by atoms with Gasteiger partial charge in [-0.3, -0.25) is 4.79 Å². The highest BCUT2D eigenvalue weighted by Gasteiger charge is 2.03. The van der Waals surface area contributed by atoms with E-state index < -0.39 is 0 Å². The van der Waals surface area contributed by atoms with E-state index in [2.05, 4.69) is 4.74 Å². The van der Waals surface area contributed by atoms with E-state index in [9.17, 15) is 9.18 Å². The second kappa shape index (κ2) is 5.65. The molecule has 0 saturated carbocycles. The average Bonchev–Trinajstić information content (AvgIpc) is 2.20. The minimum atomic E-state index is -0.270. The smallest absolute Gasteiger partial charge is 0.306 e. The van der Waals surface area contributed by atoms with Gasteiger partial charge >= 0.3 is 5.97 Å². The average molecular weight is 214 g/mol. The topological polar surface area (TPSA) is 26.3 Å². The minimum Gasteiger partial charge on any atom is -0.469 e. The first-order valence-corrected chi connectivity index (χ1v) is 5.16. The molecule has 0 fully saturated rings. The maximum absolute atomic E-state index is 13.1. The predicted octanol–water partition coefficient (Wildman–Crippen LogP) is 2.48. The van der Waals surface area contributed by atoms with Crippen LogP contribution in [-0.2, 0) is 9.53 Å². The summed E-state index contributed by atoms with van der Waals surface area (Å²) < 4.78 is 17.5. The molecule has 1 aromatic carbocycles. The number of esters is 1. The maximum atomic E-state index is 13.1. The third kappa shape index (κ3) is 3.38. The molecule has 1 aromatic rings. The van der Waals surface area contributed by atoms with Crippen LogP contribution in [0.2, 0.25) is 0 Å². The third-order valence-electron chi connectivity index (χ3n) is 1.63. The van der Waals surface area contributed by atoms with E-state index in [0.717, 1.165) is 0 Å². The monoisotopic (exact) mass is 214 g/mol. The number of benzene rings is 1. The number of ether oxygens (including phenoxy) is 1. The van der Waals surface area contributed by atoms with Gasteiger partial charge in [-0.2, -0.15) is 0 Å². The molecule has 76 valence electrons. The van der Waals surface area contributed by atoms with Crippen molar-refractivity contribution >= 4 is 17.7 Å². The van der Waals surface area contributed by atoms with Gasteiger partial charge in [0.1, 0.15) is 5.82 Å². The van der Waals surface area contributed by atoms with Crippen molar-refractivity contribution in [3.63, 3.8) is 0 Å². The number of methoxy groups -OCH3 is 1. The Bertz CT molecular complexity index is 315. The van der Waals surface area contributed by atoms with Gasteiger partial charge in [0.25, 0.3) is 0 Å². The molecular formula is C10H11FO2S. The Morgan fingerprint density at radius 2 is 2.21 bits per heavy atom. The fourth-order valence-corrected chi connectivity index (χ4v) is 1.78. The minimum absolute atomic E-state index is 0.248. The highest BCUT2D eigenvalue weighted by Crippen LogP contribution is 2.21. The van der Waals surface area contributed by atoms with Crippen molar-refractivity contribution in [2.45, 2.75) is 11.3 Å². The third-order valence-corrected chi connectivity index (χ3v) is 2.68. The lowest BCUT2D eigenvalue weighted by Gasteiger charge is -2.01. The second-order valence-electron chi connectivity index (χ2n) is 2.61. The molecule has 0 spiro atoms. The molecule has 0 aromatic heterocycles. The first kappa shape index (κ1) is 11.0. The summed E-state index contributed by atoms with van der Waals surface area (Å²) in [5.41, 5.74) is 0. The Kier molecular flexibility index (Phi) is 4.46. The number of halogens is 1. The number of carbonyl (C=O) groups is 1. The lowest BCUT2D eigenvalue weighted by molar-refractivity contribution is -0.140. The molecule has 0 aliphatic carbocycles. The largest absolute Gasteiger partial charge is 0.469 e. The van der Waals surface area contributed by atoms with Crippen LogP contribution in [0.15, 0.2) is 29.2 Å². The number of carbonyl (C=O) groups excluding carboxylic acids is 1. The fourth-order valence-electron chi connectivity index (χ4n) is 0.908. The Labute approximate surface area is 86.5 Å². The summed E-state index contributed by atoms with van der Waals surface area (Å²) in [6, 6.07) is 6.50. The molecule has 4 heteroatoms. The molecule has 2 nitrogen and oxygen atoms in total. The van der Waals surface area contributed by atoms with Crippen LogP contribution in [0.4, 0.5) is 4.39 Å². The van der Waals surface area contributed by atoms with Gasteiger partial charge in [0, 0.05) is 10.6 Å². The van der Waals surface area contributed by atoms with Crippen molar-refractivity contribution in [2.24, 2.45) is 0 Å². The number of hydrogen-bond acceptors (Lipinski definition) is 3. The molecule has 0 aliphatic rings. The Morgan fingerprint density at radius 1 is 1.50 bits per heavy atom. The van der Waals surface area contributed by atoms with E-state index in [4.69, 9.17) is 0 Å². The van der Waals surface area contributed by atoms with Gasteiger partial charge in [0.05, 0.1) is 13.5 Å². The van der Waals surface area contributed by atoms with E-state index >= 15 is 0 Å². The quantitative estimate of drug-likeness (QED) is 0.569. The first-order chi connectivity index (χ1) is 6.74. The number of hydrogen-bond donors (Lipinski definition) is 0.